The Morgan fingerprint density at radius 3 is 2.69 bits per heavy atom. The second-order valence-corrected chi connectivity index (χ2v) is 10.6. The number of carboxylic acid groups (broad SMARTS) is 1. The third kappa shape index (κ3) is 5.85. The van der Waals surface area contributed by atoms with E-state index in [1.807, 2.05) is 25.1 Å². The molecule has 0 fully saturated rings. The second-order valence-electron chi connectivity index (χ2n) is 10.6. The van der Waals surface area contributed by atoms with E-state index in [0.717, 1.165) is 53.4 Å². The summed E-state index contributed by atoms with van der Waals surface area (Å²) < 4.78 is 12.1. The van der Waals surface area contributed by atoms with Crippen LogP contribution in [-0.2, 0) is 24.2 Å². The lowest BCUT2D eigenvalue weighted by Crippen LogP contribution is -2.17. The fourth-order valence-corrected chi connectivity index (χ4v) is 5.55. The molecule has 0 amide bonds. The van der Waals surface area contributed by atoms with Gasteiger partial charge in [-0.2, -0.15) is 0 Å². The Labute approximate surface area is 230 Å². The number of fused-ring (bicyclic) bond motifs is 1. The van der Waals surface area contributed by atoms with Gasteiger partial charge in [-0.15, -0.1) is 0 Å². The van der Waals surface area contributed by atoms with Crippen LogP contribution in [0, 0.1) is 19.8 Å². The summed E-state index contributed by atoms with van der Waals surface area (Å²) in [6.45, 7) is 7.17. The average Bonchev–Trinajstić information content (AvgIpc) is 3.52. The minimum Gasteiger partial charge on any atom is -0.493 e. The number of aromatic nitrogens is 1. The van der Waals surface area contributed by atoms with Crippen LogP contribution >= 0.6 is 0 Å². The summed E-state index contributed by atoms with van der Waals surface area (Å²) in [5, 5.41) is 9.41. The molecule has 4 aromatic rings. The Balaban J connectivity index is 1.23. The number of hydrogen-bond acceptors (Lipinski definition) is 5. The van der Waals surface area contributed by atoms with E-state index in [0.29, 0.717) is 18.9 Å². The van der Waals surface area contributed by atoms with Gasteiger partial charge in [0, 0.05) is 31.3 Å². The largest absolute Gasteiger partial charge is 0.493 e. The number of aliphatic carboxylic acids is 1. The van der Waals surface area contributed by atoms with Gasteiger partial charge in [-0.05, 0) is 79.1 Å². The molecule has 5 rings (SSSR count). The lowest BCUT2D eigenvalue weighted by atomic mass is 9.89. The molecule has 1 heterocycles. The Kier molecular flexibility index (Phi) is 7.73. The number of aryl methyl sites for hydroxylation is 3. The molecule has 0 spiro atoms. The number of carboxylic acids is 1. The van der Waals surface area contributed by atoms with E-state index in [4.69, 9.17) is 14.1 Å². The smallest absolute Gasteiger partial charge is 0.306 e. The van der Waals surface area contributed by atoms with E-state index in [1.165, 1.54) is 16.7 Å². The number of benzene rings is 3. The summed E-state index contributed by atoms with van der Waals surface area (Å²) in [4.78, 5) is 18.5. The number of rotatable bonds is 10. The van der Waals surface area contributed by atoms with Crippen molar-refractivity contribution in [2.75, 3.05) is 18.6 Å². The quantitative estimate of drug-likeness (QED) is 0.242. The minimum atomic E-state index is -0.739. The monoisotopic (exact) mass is 524 g/mol. The van der Waals surface area contributed by atoms with Crippen molar-refractivity contribution < 1.29 is 19.1 Å². The van der Waals surface area contributed by atoms with Crippen molar-refractivity contribution >= 4 is 11.7 Å². The highest BCUT2D eigenvalue weighted by Crippen LogP contribution is 2.40. The molecule has 6 nitrogen and oxygen atoms in total. The molecule has 1 N–H and O–H groups in total. The van der Waals surface area contributed by atoms with Gasteiger partial charge >= 0.3 is 5.97 Å². The fraction of sp³-hybridized carbons (Fsp3) is 0.333. The van der Waals surface area contributed by atoms with Crippen LogP contribution < -0.4 is 9.64 Å². The predicted octanol–water partition coefficient (Wildman–Crippen LogP) is 6.97. The fourth-order valence-electron chi connectivity index (χ4n) is 5.55. The molecule has 0 saturated heterocycles. The molecule has 202 valence electrons. The topological polar surface area (TPSA) is 75.8 Å². The molecule has 0 aliphatic heterocycles. The highest BCUT2D eigenvalue weighted by molar-refractivity contribution is 5.71. The highest BCUT2D eigenvalue weighted by atomic mass is 16.5. The van der Waals surface area contributed by atoms with Gasteiger partial charge in [0.1, 0.15) is 11.5 Å². The van der Waals surface area contributed by atoms with Crippen LogP contribution in [0.5, 0.6) is 5.75 Å². The third-order valence-electron chi connectivity index (χ3n) is 7.86. The predicted molar refractivity (Wildman–Crippen MR) is 153 cm³/mol. The van der Waals surface area contributed by atoms with Gasteiger partial charge in [-0.3, -0.25) is 4.79 Å². The standard InChI is InChI=1S/C33H36N2O4/c1-21-10-11-26(19-31(21)35(4)20-24-8-6-5-7-9-24)32-34-30(23(3)39-32)16-17-38-27-13-15-29-25(18-27)12-14-28(29)22(2)33(36)37/h5-11,13,15,18-19,22,28H,12,14,16-17,20H2,1-4H3,(H,36,37)/t22-,28-/m0/s1. The minimum absolute atomic E-state index is 0.0724. The van der Waals surface area contributed by atoms with E-state index in [1.54, 1.807) is 6.92 Å². The number of ether oxygens (including phenoxy) is 1. The van der Waals surface area contributed by atoms with Crippen LogP contribution in [0.4, 0.5) is 5.69 Å². The summed E-state index contributed by atoms with van der Waals surface area (Å²) in [5.74, 6) is 1.18. The highest BCUT2D eigenvalue weighted by Gasteiger charge is 2.31. The maximum atomic E-state index is 11.4. The van der Waals surface area contributed by atoms with Crippen LogP contribution in [-0.4, -0.2) is 29.7 Å². The zero-order chi connectivity index (χ0) is 27.5. The van der Waals surface area contributed by atoms with E-state index in [-0.39, 0.29) is 11.8 Å². The molecular formula is C33H36N2O4. The van der Waals surface area contributed by atoms with Gasteiger partial charge in [0.25, 0.3) is 0 Å². The maximum absolute atomic E-state index is 11.4. The van der Waals surface area contributed by atoms with Crippen molar-refractivity contribution in [1.29, 1.82) is 0 Å². The molecule has 3 aromatic carbocycles. The lowest BCUT2D eigenvalue weighted by molar-refractivity contribution is -0.141. The van der Waals surface area contributed by atoms with Crippen molar-refractivity contribution in [1.82, 2.24) is 4.98 Å². The average molecular weight is 525 g/mol. The maximum Gasteiger partial charge on any atom is 0.306 e. The van der Waals surface area contributed by atoms with Crippen molar-refractivity contribution in [2.45, 2.75) is 52.5 Å². The Bertz CT molecular complexity index is 1460. The molecule has 6 heteroatoms. The van der Waals surface area contributed by atoms with Crippen LogP contribution in [0.15, 0.2) is 71.1 Å². The SMILES string of the molecule is Cc1ccc(-c2nc(CCOc3ccc4c(c3)CC[C@H]4[C@H](C)C(=O)O)c(C)o2)cc1N(C)Cc1ccccc1. The first kappa shape index (κ1) is 26.5. The number of oxazole rings is 1. The van der Waals surface area contributed by atoms with Crippen molar-refractivity contribution in [2.24, 2.45) is 5.92 Å². The summed E-state index contributed by atoms with van der Waals surface area (Å²) >= 11 is 0. The van der Waals surface area contributed by atoms with Crippen molar-refractivity contribution in [3.8, 4) is 17.2 Å². The van der Waals surface area contributed by atoms with E-state index >= 15 is 0 Å². The van der Waals surface area contributed by atoms with Crippen LogP contribution in [0.3, 0.4) is 0 Å². The molecule has 1 aliphatic carbocycles. The van der Waals surface area contributed by atoms with Crippen LogP contribution in [0.25, 0.3) is 11.5 Å². The van der Waals surface area contributed by atoms with Crippen LogP contribution in [0.2, 0.25) is 0 Å². The van der Waals surface area contributed by atoms with E-state index < -0.39 is 5.97 Å². The lowest BCUT2D eigenvalue weighted by Gasteiger charge is -2.22. The van der Waals surface area contributed by atoms with Gasteiger partial charge in [0.15, 0.2) is 0 Å². The first-order chi connectivity index (χ1) is 18.8. The number of hydrogen-bond donors (Lipinski definition) is 1. The number of nitrogens with zero attached hydrogens (tertiary/aromatic N) is 2. The molecular weight excluding hydrogens is 488 g/mol. The second kappa shape index (κ2) is 11.4. The van der Waals surface area contributed by atoms with E-state index in [2.05, 4.69) is 67.4 Å². The first-order valence-electron chi connectivity index (χ1n) is 13.6. The van der Waals surface area contributed by atoms with Gasteiger partial charge in [0.2, 0.25) is 5.89 Å². The molecule has 39 heavy (non-hydrogen) atoms. The molecule has 1 aromatic heterocycles. The Hall–Kier alpha value is -4.06. The molecule has 0 bridgehead atoms. The number of anilines is 1. The molecule has 0 radical (unpaired) electrons. The normalized spacial score (nSPS) is 15.1. The summed E-state index contributed by atoms with van der Waals surface area (Å²) in [5.41, 5.74) is 7.78. The van der Waals surface area contributed by atoms with Gasteiger partial charge in [-0.1, -0.05) is 49.4 Å². The van der Waals surface area contributed by atoms with Gasteiger partial charge < -0.3 is 19.2 Å². The Morgan fingerprint density at radius 2 is 1.92 bits per heavy atom. The Morgan fingerprint density at radius 1 is 1.13 bits per heavy atom. The molecule has 1 aliphatic rings. The molecule has 0 unspecified atom stereocenters. The van der Waals surface area contributed by atoms with Gasteiger partial charge in [-0.25, -0.2) is 4.98 Å². The van der Waals surface area contributed by atoms with Crippen LogP contribution in [0.1, 0.15) is 53.0 Å². The molecule has 2 atom stereocenters. The zero-order valence-electron chi connectivity index (χ0n) is 23.1. The molecule has 0 saturated carbocycles. The van der Waals surface area contributed by atoms with E-state index in [9.17, 15) is 9.90 Å². The summed E-state index contributed by atoms with van der Waals surface area (Å²) in [7, 11) is 2.11. The first-order valence-corrected chi connectivity index (χ1v) is 13.6. The van der Waals surface area contributed by atoms with Gasteiger partial charge in [0.05, 0.1) is 18.2 Å². The summed E-state index contributed by atoms with van der Waals surface area (Å²) in [6, 6.07) is 22.8. The van der Waals surface area contributed by atoms with Crippen molar-refractivity contribution in [3.63, 3.8) is 0 Å². The van der Waals surface area contributed by atoms with Crippen molar-refractivity contribution in [3.05, 3.63) is 100 Å². The number of carbonyl (C=O) groups is 1. The summed E-state index contributed by atoms with van der Waals surface area (Å²) in [6.07, 6.45) is 2.40. The zero-order valence-corrected chi connectivity index (χ0v) is 23.1. The third-order valence-corrected chi connectivity index (χ3v) is 7.86.